The molecule has 0 aromatic heterocycles. The van der Waals surface area contributed by atoms with Crippen molar-refractivity contribution in [3.8, 4) is 0 Å². The van der Waals surface area contributed by atoms with Crippen molar-refractivity contribution < 1.29 is 9.59 Å². The molecule has 5 N–H and O–H groups in total. The van der Waals surface area contributed by atoms with Crippen molar-refractivity contribution in [1.29, 1.82) is 10.8 Å². The molecule has 0 aliphatic carbocycles. The molecule has 0 saturated heterocycles. The van der Waals surface area contributed by atoms with E-state index in [4.69, 9.17) is 20.4 Å². The molecular weight excluding hydrogens is 110 g/mol. The van der Waals surface area contributed by atoms with Gasteiger partial charge in [-0.05, 0) is 0 Å². The van der Waals surface area contributed by atoms with Gasteiger partial charge in [-0.3, -0.25) is 0 Å². The molecule has 0 amide bonds. The van der Waals surface area contributed by atoms with E-state index in [0.717, 1.165) is 12.2 Å². The topological polar surface area (TPSA) is 117 Å². The van der Waals surface area contributed by atoms with E-state index in [1.165, 1.54) is 0 Å². The molecule has 0 aromatic carbocycles. The van der Waals surface area contributed by atoms with Crippen LogP contribution in [0, 0.1) is 10.8 Å². The molecule has 0 heterocycles. The van der Waals surface area contributed by atoms with Crippen LogP contribution < -0.4 is 6.15 Å². The zero-order valence-corrected chi connectivity index (χ0v) is 3.52. The Labute approximate surface area is 47.3 Å². The Kier molecular flexibility index (Phi) is 913. The Morgan fingerprint density at radius 3 is 1.00 bits per heavy atom. The van der Waals surface area contributed by atoms with E-state index in [1.807, 2.05) is 0 Å². The van der Waals surface area contributed by atoms with Crippen LogP contribution in [0.1, 0.15) is 7.43 Å². The van der Waals surface area contributed by atoms with Gasteiger partial charge in [0.05, 0.1) is 0 Å². The highest BCUT2D eigenvalue weighted by molar-refractivity contribution is 5.26. The van der Waals surface area contributed by atoms with Crippen molar-refractivity contribution in [3.63, 3.8) is 0 Å². The number of isocyanates is 2. The molecule has 0 rings (SSSR count). The maximum atomic E-state index is 8.35. The van der Waals surface area contributed by atoms with Crippen LogP contribution in [-0.2, 0) is 9.59 Å². The van der Waals surface area contributed by atoms with Crippen LogP contribution in [0.2, 0.25) is 0 Å². The minimum absolute atomic E-state index is 0. The van der Waals surface area contributed by atoms with E-state index < -0.39 is 0 Å². The molecule has 0 bridgehead atoms. The van der Waals surface area contributed by atoms with Gasteiger partial charge in [0.1, 0.15) is 0 Å². The summed E-state index contributed by atoms with van der Waals surface area (Å²) in [5.74, 6) is 0. The Balaban J connectivity index is -0.0000000160. The summed E-state index contributed by atoms with van der Waals surface area (Å²) in [6.45, 7) is 0. The van der Waals surface area contributed by atoms with Gasteiger partial charge in [-0.15, -0.1) is 0 Å². The predicted molar refractivity (Wildman–Crippen MR) is 28.6 cm³/mol. The molecule has 0 aliphatic heterocycles. The number of hydrogen-bond donors (Lipinski definition) is 3. The average molecular weight is 119 g/mol. The Hall–Kier alpha value is -1.28. The van der Waals surface area contributed by atoms with Crippen LogP contribution >= 0.6 is 0 Å². The highest BCUT2D eigenvalue weighted by Gasteiger charge is 1.04. The van der Waals surface area contributed by atoms with E-state index in [9.17, 15) is 0 Å². The summed E-state index contributed by atoms with van der Waals surface area (Å²) in [6, 6.07) is 0. The second-order valence-electron chi connectivity index (χ2n) is 0.204. The molecule has 0 aliphatic rings. The first-order valence-corrected chi connectivity index (χ1v) is 0.908. The molecular formula is C3H9N3O2. The Bertz CT molecular complexity index is 66.5. The lowest BCUT2D eigenvalue weighted by Crippen LogP contribution is -1.16. The van der Waals surface area contributed by atoms with Crippen LogP contribution in [0.3, 0.4) is 0 Å². The molecule has 0 aromatic rings. The highest BCUT2D eigenvalue weighted by atomic mass is 16.1. The third kappa shape index (κ3) is 39.9. The lowest BCUT2D eigenvalue weighted by molar-refractivity contribution is 0.562. The van der Waals surface area contributed by atoms with Crippen LogP contribution in [0.5, 0.6) is 0 Å². The second-order valence-corrected chi connectivity index (χ2v) is 0.204. The van der Waals surface area contributed by atoms with Gasteiger partial charge >= 0.3 is 0 Å². The first-order chi connectivity index (χ1) is 2.83. The quantitative estimate of drug-likeness (QED) is 0.320. The number of rotatable bonds is 0. The van der Waals surface area contributed by atoms with Gasteiger partial charge in [0, 0.05) is 0 Å². The van der Waals surface area contributed by atoms with E-state index in [2.05, 4.69) is 0 Å². The van der Waals surface area contributed by atoms with E-state index >= 15 is 0 Å². The van der Waals surface area contributed by atoms with Crippen molar-refractivity contribution in [2.75, 3.05) is 0 Å². The summed E-state index contributed by atoms with van der Waals surface area (Å²) in [7, 11) is 0. The first-order valence-electron chi connectivity index (χ1n) is 0.908. The fraction of sp³-hybridized carbons (Fsp3) is 0.333. The number of nitrogens with one attached hydrogen (secondary N) is 2. The van der Waals surface area contributed by atoms with Gasteiger partial charge in [-0.2, -0.15) is 0 Å². The first kappa shape index (κ1) is 29.7. The van der Waals surface area contributed by atoms with Crippen LogP contribution in [0.25, 0.3) is 0 Å². The molecule has 0 spiro atoms. The van der Waals surface area contributed by atoms with Gasteiger partial charge in [-0.25, -0.2) is 20.4 Å². The molecule has 0 radical (unpaired) electrons. The van der Waals surface area contributed by atoms with E-state index in [0.29, 0.717) is 0 Å². The molecule has 0 saturated carbocycles. The number of carbonyl (C=O) groups excluding carboxylic acids is 2. The van der Waals surface area contributed by atoms with Crippen molar-refractivity contribution in [2.24, 2.45) is 0 Å². The summed E-state index contributed by atoms with van der Waals surface area (Å²) in [5, 5.41) is 10.8. The largest absolute Gasteiger partial charge is 0.344 e. The molecule has 0 fully saturated rings. The smallest absolute Gasteiger partial charge is 0.231 e. The van der Waals surface area contributed by atoms with Crippen molar-refractivity contribution in [3.05, 3.63) is 0 Å². The molecule has 8 heavy (non-hydrogen) atoms. The average Bonchev–Trinajstić information content (AvgIpc) is 1.39. The zero-order chi connectivity index (χ0) is 5.41. The summed E-state index contributed by atoms with van der Waals surface area (Å²) in [6.07, 6.45) is 1.50. The van der Waals surface area contributed by atoms with Crippen LogP contribution in [0.4, 0.5) is 0 Å². The van der Waals surface area contributed by atoms with Crippen molar-refractivity contribution in [2.45, 2.75) is 7.43 Å². The van der Waals surface area contributed by atoms with Crippen LogP contribution in [-0.4, -0.2) is 12.2 Å². The minimum Gasteiger partial charge on any atom is -0.344 e. The fourth-order valence-corrected chi connectivity index (χ4v) is 0. The Morgan fingerprint density at radius 2 is 1.00 bits per heavy atom. The van der Waals surface area contributed by atoms with Gasteiger partial charge in [0.2, 0.25) is 12.2 Å². The summed E-state index contributed by atoms with van der Waals surface area (Å²) in [5.41, 5.74) is 0. The van der Waals surface area contributed by atoms with Gasteiger partial charge in [0.25, 0.3) is 0 Å². The van der Waals surface area contributed by atoms with Crippen molar-refractivity contribution >= 4 is 12.2 Å². The monoisotopic (exact) mass is 119 g/mol. The molecule has 0 unspecified atom stereocenters. The maximum absolute atomic E-state index is 8.35. The van der Waals surface area contributed by atoms with Gasteiger partial charge in [-0.1, -0.05) is 7.43 Å². The van der Waals surface area contributed by atoms with Crippen molar-refractivity contribution in [1.82, 2.24) is 6.15 Å². The van der Waals surface area contributed by atoms with Gasteiger partial charge < -0.3 is 6.15 Å². The lowest BCUT2D eigenvalue weighted by atomic mass is 11.7. The highest BCUT2D eigenvalue weighted by Crippen LogP contribution is 0.871. The predicted octanol–water partition coefficient (Wildman–Crippen LogP) is 0.600. The maximum Gasteiger partial charge on any atom is 0.231 e. The van der Waals surface area contributed by atoms with E-state index in [-0.39, 0.29) is 13.6 Å². The summed E-state index contributed by atoms with van der Waals surface area (Å²) >= 11 is 0. The van der Waals surface area contributed by atoms with Crippen LogP contribution in [0.15, 0.2) is 0 Å². The molecule has 0 atom stereocenters. The molecule has 5 heteroatoms. The fourth-order valence-electron chi connectivity index (χ4n) is 0. The standard InChI is InChI=1S/2CHNO.CH4.H3N/c2*2-1-3;;/h2*2H;1H4;1H3. The molecule has 5 nitrogen and oxygen atoms in total. The third-order valence-corrected chi connectivity index (χ3v) is 0. The molecule has 48 valence electrons. The lowest BCUT2D eigenvalue weighted by Gasteiger charge is -1.02. The van der Waals surface area contributed by atoms with Gasteiger partial charge in [0.15, 0.2) is 0 Å². The Morgan fingerprint density at radius 1 is 1.00 bits per heavy atom. The SMILES string of the molecule is C.N.N=C=O.N=C=O. The summed E-state index contributed by atoms with van der Waals surface area (Å²) in [4.78, 5) is 16.7. The normalized spacial score (nSPS) is 2.00. The third-order valence-electron chi connectivity index (χ3n) is 0. The van der Waals surface area contributed by atoms with E-state index in [1.54, 1.807) is 0 Å². The summed E-state index contributed by atoms with van der Waals surface area (Å²) < 4.78 is 0. The number of hydrogen-bond acceptors (Lipinski definition) is 5. The minimum atomic E-state index is 0. The second kappa shape index (κ2) is 246. The zero-order valence-electron chi connectivity index (χ0n) is 3.52.